The molecule has 0 heterocycles. The largest absolute Gasteiger partial charge is 0.371 e. The molecule has 0 saturated heterocycles. The van der Waals surface area contributed by atoms with Crippen LogP contribution in [-0.2, 0) is 0 Å². The molecule has 3 heteroatoms. The zero-order chi connectivity index (χ0) is 12.8. The fraction of sp³-hybridized carbons (Fsp3) is 0.571. The summed E-state index contributed by atoms with van der Waals surface area (Å²) >= 11 is 0. The highest BCUT2D eigenvalue weighted by molar-refractivity contribution is 5.56. The number of halogens is 2. The zero-order valence-corrected chi connectivity index (χ0v) is 10.8. The van der Waals surface area contributed by atoms with Crippen LogP contribution in [0, 0.1) is 6.92 Å². The van der Waals surface area contributed by atoms with Crippen molar-refractivity contribution in [2.45, 2.75) is 40.0 Å². The van der Waals surface area contributed by atoms with E-state index in [0.29, 0.717) is 5.56 Å². The molecule has 0 bridgehead atoms. The topological polar surface area (TPSA) is 3.24 Å². The van der Waals surface area contributed by atoms with Gasteiger partial charge in [-0.15, -0.1) is 0 Å². The number of benzene rings is 1. The Bertz CT molecular complexity index is 344. The molecule has 1 nitrogen and oxygen atoms in total. The van der Waals surface area contributed by atoms with Gasteiger partial charge in [-0.1, -0.05) is 26.0 Å². The van der Waals surface area contributed by atoms with E-state index in [4.69, 9.17) is 0 Å². The summed E-state index contributed by atoms with van der Waals surface area (Å²) in [5, 5.41) is 0. The van der Waals surface area contributed by atoms with E-state index in [1.54, 1.807) is 13.0 Å². The van der Waals surface area contributed by atoms with Crippen LogP contribution in [0.1, 0.15) is 44.2 Å². The predicted molar refractivity (Wildman–Crippen MR) is 68.9 cm³/mol. The Kier molecular flexibility index (Phi) is 5.39. The third-order valence-electron chi connectivity index (χ3n) is 2.91. The normalized spacial score (nSPS) is 10.9. The summed E-state index contributed by atoms with van der Waals surface area (Å²) in [4.78, 5) is 2.20. The van der Waals surface area contributed by atoms with Crippen molar-refractivity contribution in [3.63, 3.8) is 0 Å². The maximum absolute atomic E-state index is 12.8. The Balaban J connectivity index is 3.05. The molecule has 0 spiro atoms. The highest BCUT2D eigenvalue weighted by Gasteiger charge is 2.15. The molecule has 0 aromatic heterocycles. The van der Waals surface area contributed by atoms with Gasteiger partial charge in [0.05, 0.1) is 0 Å². The summed E-state index contributed by atoms with van der Waals surface area (Å²) in [6, 6.07) is 5.17. The van der Waals surface area contributed by atoms with Crippen LogP contribution in [0.15, 0.2) is 18.2 Å². The summed E-state index contributed by atoms with van der Waals surface area (Å²) in [7, 11) is 0. The smallest absolute Gasteiger partial charge is 0.264 e. The molecule has 1 aromatic carbocycles. The minimum atomic E-state index is -2.39. The molecule has 1 rings (SSSR count). The Morgan fingerprint density at radius 1 is 1.12 bits per heavy atom. The summed E-state index contributed by atoms with van der Waals surface area (Å²) in [6.45, 7) is 7.84. The van der Waals surface area contributed by atoms with Gasteiger partial charge in [0.15, 0.2) is 0 Å². The number of hydrogen-bond donors (Lipinski definition) is 0. The molecular weight excluding hydrogens is 220 g/mol. The minimum Gasteiger partial charge on any atom is -0.371 e. The Labute approximate surface area is 102 Å². The molecule has 0 amide bonds. The molecule has 0 atom stereocenters. The van der Waals surface area contributed by atoms with E-state index in [9.17, 15) is 8.78 Å². The minimum absolute atomic E-state index is 0.153. The first kappa shape index (κ1) is 13.9. The van der Waals surface area contributed by atoms with Gasteiger partial charge in [0.25, 0.3) is 6.43 Å². The molecule has 0 saturated carbocycles. The van der Waals surface area contributed by atoms with Gasteiger partial charge in [0.2, 0.25) is 0 Å². The molecule has 1 aromatic rings. The van der Waals surface area contributed by atoms with Crippen LogP contribution in [0.4, 0.5) is 14.5 Å². The van der Waals surface area contributed by atoms with Crippen LogP contribution in [-0.4, -0.2) is 13.1 Å². The Morgan fingerprint density at radius 2 is 1.71 bits per heavy atom. The number of nitrogens with zero attached hydrogens (tertiary/aromatic N) is 1. The zero-order valence-electron chi connectivity index (χ0n) is 10.8. The van der Waals surface area contributed by atoms with Gasteiger partial charge in [-0.05, 0) is 31.4 Å². The molecule has 0 aliphatic rings. The van der Waals surface area contributed by atoms with Crippen LogP contribution in [0.5, 0.6) is 0 Å². The lowest BCUT2D eigenvalue weighted by Gasteiger charge is -2.26. The summed E-state index contributed by atoms with van der Waals surface area (Å²) in [5.41, 5.74) is 1.82. The van der Waals surface area contributed by atoms with Gasteiger partial charge in [0.1, 0.15) is 0 Å². The third kappa shape index (κ3) is 3.42. The van der Waals surface area contributed by atoms with Gasteiger partial charge in [-0.2, -0.15) is 0 Å². The lowest BCUT2D eigenvalue weighted by atomic mass is 10.1. The molecule has 0 N–H and O–H groups in total. The molecule has 96 valence electrons. The van der Waals surface area contributed by atoms with Crippen molar-refractivity contribution in [1.29, 1.82) is 0 Å². The van der Waals surface area contributed by atoms with E-state index in [-0.39, 0.29) is 5.56 Å². The second-order valence-corrected chi connectivity index (χ2v) is 4.28. The third-order valence-corrected chi connectivity index (χ3v) is 2.91. The molecule has 0 aliphatic heterocycles. The van der Waals surface area contributed by atoms with E-state index in [1.807, 2.05) is 6.07 Å². The number of rotatable bonds is 6. The molecular formula is C14H21F2N. The summed E-state index contributed by atoms with van der Waals surface area (Å²) in [6.07, 6.45) is -0.337. The van der Waals surface area contributed by atoms with Crippen molar-refractivity contribution >= 4 is 5.69 Å². The lowest BCUT2D eigenvalue weighted by molar-refractivity contribution is 0.150. The Hall–Kier alpha value is -1.12. The number of hydrogen-bond acceptors (Lipinski definition) is 1. The SMILES string of the molecule is CCCN(CCC)c1cccc(C(F)F)c1C. The first-order chi connectivity index (χ1) is 8.11. The van der Waals surface area contributed by atoms with Crippen LogP contribution in [0.25, 0.3) is 0 Å². The second kappa shape index (κ2) is 6.58. The van der Waals surface area contributed by atoms with Crippen molar-refractivity contribution in [2.75, 3.05) is 18.0 Å². The quantitative estimate of drug-likeness (QED) is 0.705. The van der Waals surface area contributed by atoms with E-state index in [1.165, 1.54) is 6.07 Å². The summed E-state index contributed by atoms with van der Waals surface area (Å²) < 4.78 is 25.6. The van der Waals surface area contributed by atoms with Crippen LogP contribution in [0.2, 0.25) is 0 Å². The Morgan fingerprint density at radius 3 is 2.18 bits per heavy atom. The highest BCUT2D eigenvalue weighted by atomic mass is 19.3. The maximum atomic E-state index is 12.8. The second-order valence-electron chi connectivity index (χ2n) is 4.28. The lowest BCUT2D eigenvalue weighted by Crippen LogP contribution is -2.25. The van der Waals surface area contributed by atoms with E-state index in [2.05, 4.69) is 18.7 Å². The van der Waals surface area contributed by atoms with Gasteiger partial charge >= 0.3 is 0 Å². The summed E-state index contributed by atoms with van der Waals surface area (Å²) in [5.74, 6) is 0. The van der Waals surface area contributed by atoms with Crippen molar-refractivity contribution in [1.82, 2.24) is 0 Å². The highest BCUT2D eigenvalue weighted by Crippen LogP contribution is 2.29. The molecule has 0 radical (unpaired) electrons. The first-order valence-electron chi connectivity index (χ1n) is 6.24. The fourth-order valence-electron chi connectivity index (χ4n) is 2.11. The standard InChI is InChI=1S/C14H21F2N/c1-4-9-17(10-5-2)13-8-6-7-12(11(13)3)14(15)16/h6-8,14H,4-5,9-10H2,1-3H3. The first-order valence-corrected chi connectivity index (χ1v) is 6.24. The van der Waals surface area contributed by atoms with Crippen LogP contribution < -0.4 is 4.90 Å². The molecule has 0 unspecified atom stereocenters. The average molecular weight is 241 g/mol. The monoisotopic (exact) mass is 241 g/mol. The van der Waals surface area contributed by atoms with E-state index in [0.717, 1.165) is 31.6 Å². The molecule has 0 aliphatic carbocycles. The maximum Gasteiger partial charge on any atom is 0.264 e. The van der Waals surface area contributed by atoms with Crippen molar-refractivity contribution < 1.29 is 8.78 Å². The predicted octanol–water partition coefficient (Wildman–Crippen LogP) is 4.56. The van der Waals surface area contributed by atoms with Crippen molar-refractivity contribution in [3.05, 3.63) is 29.3 Å². The molecule has 0 fully saturated rings. The van der Waals surface area contributed by atoms with E-state index < -0.39 is 6.43 Å². The average Bonchev–Trinajstić information content (AvgIpc) is 2.29. The number of alkyl halides is 2. The van der Waals surface area contributed by atoms with Gasteiger partial charge in [-0.25, -0.2) is 8.78 Å². The fourth-order valence-corrected chi connectivity index (χ4v) is 2.11. The van der Waals surface area contributed by atoms with Gasteiger partial charge in [0, 0.05) is 24.3 Å². The van der Waals surface area contributed by atoms with Crippen molar-refractivity contribution in [3.8, 4) is 0 Å². The number of anilines is 1. The van der Waals surface area contributed by atoms with E-state index >= 15 is 0 Å². The van der Waals surface area contributed by atoms with Crippen molar-refractivity contribution in [2.24, 2.45) is 0 Å². The van der Waals surface area contributed by atoms with Crippen LogP contribution >= 0.6 is 0 Å². The molecule has 17 heavy (non-hydrogen) atoms. The van der Waals surface area contributed by atoms with Gasteiger partial charge < -0.3 is 4.90 Å². The van der Waals surface area contributed by atoms with Crippen LogP contribution in [0.3, 0.4) is 0 Å². The van der Waals surface area contributed by atoms with Gasteiger partial charge in [-0.3, -0.25) is 0 Å².